The van der Waals surface area contributed by atoms with E-state index in [-0.39, 0.29) is 11.8 Å². The summed E-state index contributed by atoms with van der Waals surface area (Å²) >= 11 is 0. The Kier molecular flexibility index (Phi) is 6.32. The van der Waals surface area contributed by atoms with Crippen LogP contribution in [0.4, 0.5) is 0 Å². The van der Waals surface area contributed by atoms with E-state index in [1.807, 2.05) is 30.3 Å². The van der Waals surface area contributed by atoms with Crippen LogP contribution >= 0.6 is 0 Å². The first kappa shape index (κ1) is 19.3. The van der Waals surface area contributed by atoms with Crippen molar-refractivity contribution in [3.05, 3.63) is 35.9 Å². The molecule has 0 spiro atoms. The molecule has 0 atom stereocenters. The maximum absolute atomic E-state index is 12.8. The van der Waals surface area contributed by atoms with Gasteiger partial charge in [0.05, 0.1) is 0 Å². The van der Waals surface area contributed by atoms with Crippen LogP contribution in [-0.4, -0.2) is 49.1 Å². The molecular formula is C19H29N3O3S. The van der Waals surface area contributed by atoms with Crippen molar-refractivity contribution in [1.29, 1.82) is 0 Å². The Hall–Kier alpha value is -1.44. The fourth-order valence-corrected chi connectivity index (χ4v) is 5.33. The van der Waals surface area contributed by atoms with Crippen molar-refractivity contribution in [1.82, 2.24) is 13.9 Å². The molecule has 144 valence electrons. The van der Waals surface area contributed by atoms with Crippen LogP contribution in [0.1, 0.15) is 38.2 Å². The molecule has 1 aromatic carbocycles. The van der Waals surface area contributed by atoms with Crippen molar-refractivity contribution in [3.8, 4) is 0 Å². The monoisotopic (exact) mass is 379 g/mol. The summed E-state index contributed by atoms with van der Waals surface area (Å²) in [4.78, 5) is 12.4. The van der Waals surface area contributed by atoms with Crippen LogP contribution in [0.2, 0.25) is 0 Å². The molecule has 2 saturated heterocycles. The molecular weight excluding hydrogens is 350 g/mol. The van der Waals surface area contributed by atoms with E-state index in [1.165, 1.54) is 0 Å². The van der Waals surface area contributed by atoms with E-state index in [4.69, 9.17) is 0 Å². The molecule has 0 radical (unpaired) electrons. The minimum absolute atomic E-state index is 0.0256. The smallest absolute Gasteiger partial charge is 0.281 e. The highest BCUT2D eigenvalue weighted by molar-refractivity contribution is 7.86. The van der Waals surface area contributed by atoms with Gasteiger partial charge in [0.1, 0.15) is 0 Å². The second kappa shape index (κ2) is 8.50. The Bertz CT molecular complexity index is 692. The van der Waals surface area contributed by atoms with Crippen molar-refractivity contribution in [2.75, 3.05) is 26.2 Å². The number of piperidine rings is 2. The van der Waals surface area contributed by atoms with Gasteiger partial charge in [-0.15, -0.1) is 0 Å². The summed E-state index contributed by atoms with van der Waals surface area (Å²) in [5, 5.41) is 2.97. The summed E-state index contributed by atoms with van der Waals surface area (Å²) in [5.41, 5.74) is 1.07. The lowest BCUT2D eigenvalue weighted by Crippen LogP contribution is -2.50. The summed E-state index contributed by atoms with van der Waals surface area (Å²) in [7, 11) is -3.38. The van der Waals surface area contributed by atoms with E-state index in [2.05, 4.69) is 12.2 Å². The normalized spacial score (nSPS) is 21.6. The van der Waals surface area contributed by atoms with Gasteiger partial charge in [-0.1, -0.05) is 37.3 Å². The van der Waals surface area contributed by atoms with Crippen molar-refractivity contribution in [2.45, 2.75) is 39.2 Å². The van der Waals surface area contributed by atoms with E-state index in [0.717, 1.165) is 18.4 Å². The van der Waals surface area contributed by atoms with Gasteiger partial charge in [-0.3, -0.25) is 4.79 Å². The van der Waals surface area contributed by atoms with Crippen LogP contribution in [0.25, 0.3) is 0 Å². The summed E-state index contributed by atoms with van der Waals surface area (Å²) in [6.45, 7) is 4.77. The van der Waals surface area contributed by atoms with Gasteiger partial charge in [-0.25, -0.2) is 0 Å². The zero-order chi connectivity index (χ0) is 18.6. The number of nitrogens with zero attached hydrogens (tertiary/aromatic N) is 2. The van der Waals surface area contributed by atoms with Crippen LogP contribution in [0.15, 0.2) is 30.3 Å². The van der Waals surface area contributed by atoms with E-state index in [1.54, 1.807) is 8.61 Å². The molecule has 2 aliphatic heterocycles. The van der Waals surface area contributed by atoms with Gasteiger partial charge < -0.3 is 5.32 Å². The number of amides is 1. The Morgan fingerprint density at radius 1 is 1.00 bits per heavy atom. The second-order valence-corrected chi connectivity index (χ2v) is 9.39. The molecule has 6 nitrogen and oxygen atoms in total. The van der Waals surface area contributed by atoms with Crippen molar-refractivity contribution < 1.29 is 13.2 Å². The number of hydrogen-bond acceptors (Lipinski definition) is 3. The molecule has 0 aromatic heterocycles. The quantitative estimate of drug-likeness (QED) is 0.851. The highest BCUT2D eigenvalue weighted by Gasteiger charge is 2.35. The number of hydrogen-bond donors (Lipinski definition) is 1. The first-order valence-corrected chi connectivity index (χ1v) is 10.9. The summed E-state index contributed by atoms with van der Waals surface area (Å²) in [6, 6.07) is 9.81. The SMILES string of the molecule is CC1CCN(S(=O)(=O)N2CCC(C(=O)NCc3ccccc3)CC2)CC1. The number of carbonyl (C=O) groups is 1. The van der Waals surface area contributed by atoms with Crippen LogP contribution < -0.4 is 5.32 Å². The third-order valence-electron chi connectivity index (χ3n) is 5.53. The molecule has 1 N–H and O–H groups in total. The lowest BCUT2D eigenvalue weighted by molar-refractivity contribution is -0.126. The fraction of sp³-hybridized carbons (Fsp3) is 0.632. The molecule has 7 heteroatoms. The van der Waals surface area contributed by atoms with Crippen molar-refractivity contribution in [3.63, 3.8) is 0 Å². The summed E-state index contributed by atoms with van der Waals surface area (Å²) in [6.07, 6.45) is 3.03. The lowest BCUT2D eigenvalue weighted by Gasteiger charge is -2.37. The zero-order valence-corrected chi connectivity index (χ0v) is 16.2. The molecule has 0 bridgehead atoms. The Labute approximate surface area is 156 Å². The highest BCUT2D eigenvalue weighted by Crippen LogP contribution is 2.25. The topological polar surface area (TPSA) is 69.7 Å². The van der Waals surface area contributed by atoms with Gasteiger partial charge >= 0.3 is 0 Å². The Balaban J connectivity index is 1.48. The van der Waals surface area contributed by atoms with Gasteiger partial charge in [0.25, 0.3) is 10.2 Å². The van der Waals surface area contributed by atoms with Crippen LogP contribution in [-0.2, 0) is 21.5 Å². The van der Waals surface area contributed by atoms with Gasteiger partial charge in [-0.2, -0.15) is 17.0 Å². The molecule has 3 rings (SSSR count). The molecule has 2 fully saturated rings. The maximum atomic E-state index is 12.8. The lowest BCUT2D eigenvalue weighted by atomic mass is 9.97. The van der Waals surface area contributed by atoms with E-state index < -0.39 is 10.2 Å². The Morgan fingerprint density at radius 3 is 2.12 bits per heavy atom. The van der Waals surface area contributed by atoms with Crippen LogP contribution in [0.3, 0.4) is 0 Å². The molecule has 0 aliphatic carbocycles. The van der Waals surface area contributed by atoms with Gasteiger partial charge in [0.2, 0.25) is 5.91 Å². The van der Waals surface area contributed by atoms with E-state index in [9.17, 15) is 13.2 Å². The molecule has 26 heavy (non-hydrogen) atoms. The van der Waals surface area contributed by atoms with Crippen LogP contribution in [0, 0.1) is 11.8 Å². The first-order valence-electron chi connectivity index (χ1n) is 9.53. The standard InChI is InChI=1S/C19H29N3O3S/c1-16-7-11-21(12-8-16)26(24,25)22-13-9-18(10-14-22)19(23)20-15-17-5-3-2-4-6-17/h2-6,16,18H,7-15H2,1H3,(H,20,23). The van der Waals surface area contributed by atoms with E-state index >= 15 is 0 Å². The van der Waals surface area contributed by atoms with Gasteiger partial charge in [0.15, 0.2) is 0 Å². The predicted molar refractivity (Wildman–Crippen MR) is 101 cm³/mol. The van der Waals surface area contributed by atoms with Crippen molar-refractivity contribution >= 4 is 16.1 Å². The third-order valence-corrected chi connectivity index (χ3v) is 7.56. The summed E-state index contributed by atoms with van der Waals surface area (Å²) in [5.74, 6) is 0.518. The molecule has 2 heterocycles. The molecule has 1 aromatic rings. The second-order valence-electron chi connectivity index (χ2n) is 7.47. The minimum Gasteiger partial charge on any atom is -0.352 e. The average Bonchev–Trinajstić information content (AvgIpc) is 2.67. The number of carbonyl (C=O) groups excluding carboxylic acids is 1. The third kappa shape index (κ3) is 4.64. The van der Waals surface area contributed by atoms with Gasteiger partial charge in [0, 0.05) is 38.6 Å². The predicted octanol–water partition coefficient (Wildman–Crippen LogP) is 1.99. The van der Waals surface area contributed by atoms with Crippen molar-refractivity contribution in [2.24, 2.45) is 11.8 Å². The molecule has 2 aliphatic rings. The molecule has 0 unspecified atom stereocenters. The molecule has 1 amide bonds. The maximum Gasteiger partial charge on any atom is 0.281 e. The van der Waals surface area contributed by atoms with Crippen LogP contribution in [0.5, 0.6) is 0 Å². The molecule has 0 saturated carbocycles. The largest absolute Gasteiger partial charge is 0.352 e. The zero-order valence-electron chi connectivity index (χ0n) is 15.4. The Morgan fingerprint density at radius 2 is 1.54 bits per heavy atom. The van der Waals surface area contributed by atoms with E-state index in [0.29, 0.717) is 51.5 Å². The number of nitrogens with one attached hydrogen (secondary N) is 1. The van der Waals surface area contributed by atoms with Gasteiger partial charge in [-0.05, 0) is 37.2 Å². The number of rotatable bonds is 5. The minimum atomic E-state index is -3.38. The fourth-order valence-electron chi connectivity index (χ4n) is 3.66. The highest BCUT2D eigenvalue weighted by atomic mass is 32.2. The number of benzene rings is 1. The average molecular weight is 380 g/mol. The summed E-state index contributed by atoms with van der Waals surface area (Å²) < 4.78 is 28.7. The first-order chi connectivity index (χ1) is 12.5.